The van der Waals surface area contributed by atoms with E-state index in [1.54, 1.807) is 0 Å². The molecule has 0 spiro atoms. The number of hydrogen-bond acceptors (Lipinski definition) is 1. The summed E-state index contributed by atoms with van der Waals surface area (Å²) in [7, 11) is 0. The van der Waals surface area contributed by atoms with Crippen LogP contribution in [0.3, 0.4) is 0 Å². The molecule has 2 rings (SSSR count). The summed E-state index contributed by atoms with van der Waals surface area (Å²) >= 11 is 0. The van der Waals surface area contributed by atoms with Crippen LogP contribution in [0.4, 0.5) is 0 Å². The quantitative estimate of drug-likeness (QED) is 0.798. The summed E-state index contributed by atoms with van der Waals surface area (Å²) in [5.41, 5.74) is 1.50. The molecular formula is C17H27N. The second-order valence-corrected chi connectivity index (χ2v) is 6.04. The van der Waals surface area contributed by atoms with Gasteiger partial charge in [0.05, 0.1) is 0 Å². The molecule has 1 aliphatic carbocycles. The second-order valence-electron chi connectivity index (χ2n) is 6.04. The van der Waals surface area contributed by atoms with E-state index in [4.69, 9.17) is 0 Å². The van der Waals surface area contributed by atoms with E-state index in [9.17, 15) is 0 Å². The molecule has 1 aromatic rings. The molecule has 1 nitrogen and oxygen atoms in total. The van der Waals surface area contributed by atoms with E-state index >= 15 is 0 Å². The van der Waals surface area contributed by atoms with E-state index in [0.29, 0.717) is 6.04 Å². The van der Waals surface area contributed by atoms with Crippen molar-refractivity contribution in [1.82, 2.24) is 5.32 Å². The minimum Gasteiger partial charge on any atom is -0.314 e. The van der Waals surface area contributed by atoms with Crippen LogP contribution >= 0.6 is 0 Å². The summed E-state index contributed by atoms with van der Waals surface area (Å²) in [6.07, 6.45) is 6.93. The lowest BCUT2D eigenvalue weighted by atomic mass is 9.90. The van der Waals surface area contributed by atoms with Gasteiger partial charge in [0.1, 0.15) is 0 Å². The lowest BCUT2D eigenvalue weighted by molar-refractivity contribution is 0.338. The van der Waals surface area contributed by atoms with Crippen LogP contribution in [-0.4, -0.2) is 12.6 Å². The Morgan fingerprint density at radius 2 is 1.83 bits per heavy atom. The fourth-order valence-electron chi connectivity index (χ4n) is 3.15. The van der Waals surface area contributed by atoms with E-state index in [1.165, 1.54) is 44.2 Å². The van der Waals surface area contributed by atoms with Gasteiger partial charge in [-0.25, -0.2) is 0 Å². The Hall–Kier alpha value is -0.820. The third kappa shape index (κ3) is 4.13. The van der Waals surface area contributed by atoms with Crippen molar-refractivity contribution < 1.29 is 0 Å². The first-order valence-corrected chi connectivity index (χ1v) is 7.53. The standard InChI is InChI=1S/C17H27N/c1-14(2)18-13-17-10-6-9-16(17)12-11-15-7-4-3-5-8-15/h3-5,7-8,14,16-18H,6,9-13H2,1-2H3. The van der Waals surface area contributed by atoms with Gasteiger partial charge in [-0.05, 0) is 43.2 Å². The topological polar surface area (TPSA) is 12.0 Å². The van der Waals surface area contributed by atoms with Crippen molar-refractivity contribution in [1.29, 1.82) is 0 Å². The van der Waals surface area contributed by atoms with Crippen molar-refractivity contribution in [2.24, 2.45) is 11.8 Å². The zero-order chi connectivity index (χ0) is 12.8. The SMILES string of the molecule is CC(C)NCC1CCCC1CCc1ccccc1. The Bertz CT molecular complexity index is 331. The first-order valence-electron chi connectivity index (χ1n) is 7.53. The van der Waals surface area contributed by atoms with Gasteiger partial charge in [-0.3, -0.25) is 0 Å². The molecule has 0 heterocycles. The normalized spacial score (nSPS) is 23.7. The lowest BCUT2D eigenvalue weighted by Crippen LogP contribution is -2.30. The molecule has 18 heavy (non-hydrogen) atoms. The Morgan fingerprint density at radius 1 is 1.11 bits per heavy atom. The van der Waals surface area contributed by atoms with Crippen LogP contribution < -0.4 is 5.32 Å². The second kappa shape index (κ2) is 6.94. The average Bonchev–Trinajstić information content (AvgIpc) is 2.82. The summed E-state index contributed by atoms with van der Waals surface area (Å²) in [5, 5.41) is 3.62. The number of rotatable bonds is 6. The maximum Gasteiger partial charge on any atom is 0.00104 e. The molecule has 1 N–H and O–H groups in total. The summed E-state index contributed by atoms with van der Waals surface area (Å²) < 4.78 is 0. The molecule has 0 aliphatic heterocycles. The molecule has 0 aromatic heterocycles. The van der Waals surface area contributed by atoms with Gasteiger partial charge in [-0.1, -0.05) is 57.0 Å². The van der Waals surface area contributed by atoms with E-state index in [2.05, 4.69) is 49.5 Å². The minimum atomic E-state index is 0.625. The molecule has 2 unspecified atom stereocenters. The zero-order valence-electron chi connectivity index (χ0n) is 11.9. The molecule has 0 bridgehead atoms. The van der Waals surface area contributed by atoms with E-state index in [-0.39, 0.29) is 0 Å². The minimum absolute atomic E-state index is 0.625. The van der Waals surface area contributed by atoms with Crippen molar-refractivity contribution in [2.45, 2.75) is 52.0 Å². The maximum absolute atomic E-state index is 3.62. The Kier molecular flexibility index (Phi) is 5.25. The summed E-state index contributed by atoms with van der Waals surface area (Å²) in [4.78, 5) is 0. The van der Waals surface area contributed by atoms with Crippen LogP contribution in [-0.2, 0) is 6.42 Å². The molecule has 1 aromatic carbocycles. The third-order valence-corrected chi connectivity index (χ3v) is 4.25. The Morgan fingerprint density at radius 3 is 2.56 bits per heavy atom. The summed E-state index contributed by atoms with van der Waals surface area (Å²) in [5.74, 6) is 1.85. The number of nitrogens with one attached hydrogen (secondary N) is 1. The molecule has 100 valence electrons. The number of aryl methyl sites for hydroxylation is 1. The van der Waals surface area contributed by atoms with Crippen LogP contribution in [0.5, 0.6) is 0 Å². The molecule has 0 saturated heterocycles. The molecule has 1 heteroatoms. The third-order valence-electron chi connectivity index (χ3n) is 4.25. The maximum atomic E-state index is 3.62. The number of hydrogen-bond donors (Lipinski definition) is 1. The van der Waals surface area contributed by atoms with Crippen LogP contribution in [0.25, 0.3) is 0 Å². The molecule has 1 saturated carbocycles. The van der Waals surface area contributed by atoms with Crippen LogP contribution in [0.15, 0.2) is 30.3 Å². The van der Waals surface area contributed by atoms with E-state index in [0.717, 1.165) is 11.8 Å². The van der Waals surface area contributed by atoms with Gasteiger partial charge in [0.15, 0.2) is 0 Å². The zero-order valence-corrected chi connectivity index (χ0v) is 11.9. The van der Waals surface area contributed by atoms with Crippen molar-refractivity contribution in [3.63, 3.8) is 0 Å². The highest BCUT2D eigenvalue weighted by molar-refractivity contribution is 5.14. The smallest absolute Gasteiger partial charge is 0.00104 e. The Labute approximate surface area is 112 Å². The number of benzene rings is 1. The Balaban J connectivity index is 1.77. The van der Waals surface area contributed by atoms with E-state index < -0.39 is 0 Å². The van der Waals surface area contributed by atoms with Gasteiger partial charge in [0.25, 0.3) is 0 Å². The van der Waals surface area contributed by atoms with E-state index in [1.807, 2.05) is 0 Å². The van der Waals surface area contributed by atoms with Crippen LogP contribution in [0, 0.1) is 11.8 Å². The highest BCUT2D eigenvalue weighted by Crippen LogP contribution is 2.34. The fraction of sp³-hybridized carbons (Fsp3) is 0.647. The molecule has 2 atom stereocenters. The molecule has 1 fully saturated rings. The average molecular weight is 245 g/mol. The molecule has 0 amide bonds. The monoisotopic (exact) mass is 245 g/mol. The van der Waals surface area contributed by atoms with Gasteiger partial charge < -0.3 is 5.32 Å². The van der Waals surface area contributed by atoms with Crippen molar-refractivity contribution >= 4 is 0 Å². The molecule has 1 aliphatic rings. The first kappa shape index (κ1) is 13.6. The van der Waals surface area contributed by atoms with Crippen molar-refractivity contribution in [3.05, 3.63) is 35.9 Å². The largest absolute Gasteiger partial charge is 0.314 e. The van der Waals surface area contributed by atoms with Gasteiger partial charge >= 0.3 is 0 Å². The highest BCUT2D eigenvalue weighted by atomic mass is 14.9. The first-order chi connectivity index (χ1) is 8.75. The fourth-order valence-corrected chi connectivity index (χ4v) is 3.15. The highest BCUT2D eigenvalue weighted by Gasteiger charge is 2.26. The van der Waals surface area contributed by atoms with Crippen molar-refractivity contribution in [3.8, 4) is 0 Å². The predicted octanol–water partition coefficient (Wildman–Crippen LogP) is 4.03. The summed E-state index contributed by atoms with van der Waals surface area (Å²) in [6, 6.07) is 11.6. The predicted molar refractivity (Wildman–Crippen MR) is 78.7 cm³/mol. The molecule has 0 radical (unpaired) electrons. The summed E-state index contributed by atoms with van der Waals surface area (Å²) in [6.45, 7) is 5.71. The van der Waals surface area contributed by atoms with Gasteiger partial charge in [0, 0.05) is 6.04 Å². The van der Waals surface area contributed by atoms with Crippen LogP contribution in [0.1, 0.15) is 45.1 Å². The van der Waals surface area contributed by atoms with Gasteiger partial charge in [-0.2, -0.15) is 0 Å². The molecular weight excluding hydrogens is 218 g/mol. The van der Waals surface area contributed by atoms with Gasteiger partial charge in [-0.15, -0.1) is 0 Å². The van der Waals surface area contributed by atoms with Crippen LogP contribution in [0.2, 0.25) is 0 Å². The van der Waals surface area contributed by atoms with Crippen molar-refractivity contribution in [2.75, 3.05) is 6.54 Å². The van der Waals surface area contributed by atoms with Gasteiger partial charge in [0.2, 0.25) is 0 Å². The lowest BCUT2D eigenvalue weighted by Gasteiger charge is -2.21.